The van der Waals surface area contributed by atoms with Gasteiger partial charge in [-0.2, -0.15) is 0 Å². The number of Topliss-reactive ketones (excluding diaryl/α,β-unsaturated/α-hetero) is 1. The van der Waals surface area contributed by atoms with Crippen molar-refractivity contribution in [3.63, 3.8) is 0 Å². The smallest absolute Gasteiger partial charge is 0.306 e. The lowest BCUT2D eigenvalue weighted by molar-refractivity contribution is -0.385. The number of anilines is 1. The van der Waals surface area contributed by atoms with E-state index in [2.05, 4.69) is 5.32 Å². The van der Waals surface area contributed by atoms with Crippen molar-refractivity contribution in [1.82, 2.24) is 0 Å². The summed E-state index contributed by atoms with van der Waals surface area (Å²) >= 11 is 5.95. The Morgan fingerprint density at radius 2 is 1.86 bits per heavy atom. The highest BCUT2D eigenvalue weighted by Gasteiger charge is 2.16. The van der Waals surface area contributed by atoms with Gasteiger partial charge in [0.15, 0.2) is 6.61 Å². The van der Waals surface area contributed by atoms with E-state index < -0.39 is 23.3 Å². The minimum Gasteiger partial charge on any atom is -0.457 e. The van der Waals surface area contributed by atoms with Crippen LogP contribution in [0.15, 0.2) is 42.5 Å². The van der Waals surface area contributed by atoms with E-state index >= 15 is 0 Å². The number of ketones is 1. The zero-order chi connectivity index (χ0) is 21.4. The molecule has 0 atom stereocenters. The van der Waals surface area contributed by atoms with Gasteiger partial charge < -0.3 is 10.1 Å². The standard InChI is InChI=1S/C20H19ClN2O6/c1-13-9-10-14(11-17(13)23(27)28)18(24)12-29-20(26)8-4-7-19(25)22-16-6-3-2-5-15(16)21/h2-3,5-6,9-11H,4,7-8,12H2,1H3,(H,22,25). The van der Waals surface area contributed by atoms with Gasteiger partial charge in [0.05, 0.1) is 15.6 Å². The molecule has 0 aliphatic rings. The Hall–Kier alpha value is -3.26. The number of carbonyl (C=O) groups is 3. The summed E-state index contributed by atoms with van der Waals surface area (Å²) < 4.78 is 4.90. The van der Waals surface area contributed by atoms with E-state index in [1.807, 2.05) is 0 Å². The molecule has 0 aromatic heterocycles. The number of nitrogens with zero attached hydrogens (tertiary/aromatic N) is 1. The Balaban J connectivity index is 1.75. The molecule has 0 aliphatic heterocycles. The number of nitrogens with one attached hydrogen (secondary N) is 1. The van der Waals surface area contributed by atoms with Crippen molar-refractivity contribution in [3.05, 3.63) is 68.7 Å². The molecule has 0 spiro atoms. The molecular weight excluding hydrogens is 400 g/mol. The van der Waals surface area contributed by atoms with Crippen LogP contribution in [0.1, 0.15) is 35.2 Å². The molecule has 0 fully saturated rings. The number of amides is 1. The molecule has 152 valence electrons. The Bertz CT molecular complexity index is 944. The number of hydrogen-bond acceptors (Lipinski definition) is 6. The summed E-state index contributed by atoms with van der Waals surface area (Å²) in [4.78, 5) is 46.1. The second-order valence-electron chi connectivity index (χ2n) is 6.22. The number of benzene rings is 2. The first kappa shape index (κ1) is 22.0. The van der Waals surface area contributed by atoms with Gasteiger partial charge in [-0.15, -0.1) is 0 Å². The second-order valence-corrected chi connectivity index (χ2v) is 6.63. The van der Waals surface area contributed by atoms with Crippen molar-refractivity contribution in [2.75, 3.05) is 11.9 Å². The lowest BCUT2D eigenvalue weighted by atomic mass is 10.1. The predicted octanol–water partition coefficient (Wildman–Crippen LogP) is 4.09. The average molecular weight is 419 g/mol. The van der Waals surface area contributed by atoms with Gasteiger partial charge in [0.1, 0.15) is 0 Å². The van der Waals surface area contributed by atoms with E-state index in [1.54, 1.807) is 31.2 Å². The number of ether oxygens (including phenoxy) is 1. The normalized spacial score (nSPS) is 10.3. The van der Waals surface area contributed by atoms with Crippen LogP contribution in [0.4, 0.5) is 11.4 Å². The SMILES string of the molecule is Cc1ccc(C(=O)COC(=O)CCCC(=O)Nc2ccccc2Cl)cc1[N+](=O)[O-]. The van der Waals surface area contributed by atoms with Crippen LogP contribution in [0.25, 0.3) is 0 Å². The van der Waals surface area contributed by atoms with Crippen molar-refractivity contribution < 1.29 is 24.0 Å². The molecule has 2 rings (SSSR count). The van der Waals surface area contributed by atoms with E-state index in [1.165, 1.54) is 12.1 Å². The van der Waals surface area contributed by atoms with Gasteiger partial charge in [0.2, 0.25) is 11.7 Å². The fraction of sp³-hybridized carbons (Fsp3) is 0.250. The Labute approximate surface area is 172 Å². The van der Waals surface area contributed by atoms with Gasteiger partial charge in [-0.25, -0.2) is 0 Å². The first-order valence-corrected chi connectivity index (χ1v) is 9.14. The van der Waals surface area contributed by atoms with Crippen molar-refractivity contribution in [2.45, 2.75) is 26.2 Å². The van der Waals surface area contributed by atoms with Crippen molar-refractivity contribution in [1.29, 1.82) is 0 Å². The van der Waals surface area contributed by atoms with Gasteiger partial charge in [0.25, 0.3) is 5.69 Å². The van der Waals surface area contributed by atoms with Gasteiger partial charge in [-0.1, -0.05) is 35.9 Å². The average Bonchev–Trinajstić information content (AvgIpc) is 2.68. The molecule has 0 heterocycles. The third kappa shape index (κ3) is 6.69. The Morgan fingerprint density at radius 3 is 2.55 bits per heavy atom. The third-order valence-electron chi connectivity index (χ3n) is 4.02. The second kappa shape index (κ2) is 10.3. The molecule has 8 nitrogen and oxygen atoms in total. The van der Waals surface area contributed by atoms with E-state index in [9.17, 15) is 24.5 Å². The number of nitro groups is 1. The Kier molecular flexibility index (Phi) is 7.85. The summed E-state index contributed by atoms with van der Waals surface area (Å²) in [6.45, 7) is 1.04. The van der Waals surface area contributed by atoms with Crippen molar-refractivity contribution >= 4 is 40.6 Å². The molecule has 1 amide bonds. The summed E-state index contributed by atoms with van der Waals surface area (Å²) in [7, 11) is 0. The summed E-state index contributed by atoms with van der Waals surface area (Å²) in [5.41, 5.74) is 0.832. The highest BCUT2D eigenvalue weighted by Crippen LogP contribution is 2.21. The quantitative estimate of drug-likeness (QED) is 0.284. The maximum absolute atomic E-state index is 12.1. The van der Waals surface area contributed by atoms with Crippen LogP contribution in [-0.2, 0) is 14.3 Å². The number of nitro benzene ring substituents is 1. The highest BCUT2D eigenvalue weighted by atomic mass is 35.5. The minimum absolute atomic E-state index is 0.0444. The molecule has 0 radical (unpaired) electrons. The fourth-order valence-electron chi connectivity index (χ4n) is 2.45. The van der Waals surface area contributed by atoms with Crippen molar-refractivity contribution in [3.8, 4) is 0 Å². The fourth-order valence-corrected chi connectivity index (χ4v) is 2.63. The van der Waals surface area contributed by atoms with Crippen molar-refractivity contribution in [2.24, 2.45) is 0 Å². The Morgan fingerprint density at radius 1 is 1.14 bits per heavy atom. The lowest BCUT2D eigenvalue weighted by Crippen LogP contribution is -2.16. The molecule has 0 unspecified atom stereocenters. The minimum atomic E-state index is -0.634. The summed E-state index contributed by atoms with van der Waals surface area (Å²) in [6, 6.07) is 10.8. The van der Waals surface area contributed by atoms with Gasteiger partial charge in [-0.05, 0) is 25.5 Å². The first-order chi connectivity index (χ1) is 13.8. The number of halogens is 1. The molecule has 2 aromatic carbocycles. The van der Waals surface area contributed by atoms with Gasteiger partial charge in [-0.3, -0.25) is 24.5 Å². The largest absolute Gasteiger partial charge is 0.457 e. The summed E-state index contributed by atoms with van der Waals surface area (Å²) in [6.07, 6.45) is 0.273. The van der Waals surface area contributed by atoms with Gasteiger partial charge >= 0.3 is 5.97 Å². The highest BCUT2D eigenvalue weighted by molar-refractivity contribution is 6.33. The van der Waals surface area contributed by atoms with Crippen LogP contribution >= 0.6 is 11.6 Å². The van der Waals surface area contributed by atoms with E-state index in [0.29, 0.717) is 16.3 Å². The molecule has 0 saturated heterocycles. The number of aryl methyl sites for hydroxylation is 1. The first-order valence-electron chi connectivity index (χ1n) is 8.76. The molecule has 2 aromatic rings. The zero-order valence-corrected chi connectivity index (χ0v) is 16.4. The molecule has 0 saturated carbocycles. The van der Waals surface area contributed by atoms with Crippen LogP contribution in [0.3, 0.4) is 0 Å². The molecule has 9 heteroatoms. The lowest BCUT2D eigenvalue weighted by Gasteiger charge is -2.07. The van der Waals surface area contributed by atoms with Crippen LogP contribution in [0, 0.1) is 17.0 Å². The summed E-state index contributed by atoms with van der Waals surface area (Å²) in [5.74, 6) is -1.47. The molecule has 0 aliphatic carbocycles. The van der Waals surface area contributed by atoms with E-state index in [4.69, 9.17) is 16.3 Å². The zero-order valence-electron chi connectivity index (χ0n) is 15.6. The van der Waals surface area contributed by atoms with Crippen LogP contribution in [-0.4, -0.2) is 29.2 Å². The van der Waals surface area contributed by atoms with Crippen LogP contribution in [0.5, 0.6) is 0 Å². The maximum Gasteiger partial charge on any atom is 0.306 e. The molecule has 0 bridgehead atoms. The third-order valence-corrected chi connectivity index (χ3v) is 4.35. The van der Waals surface area contributed by atoms with Crippen LogP contribution in [0.2, 0.25) is 5.02 Å². The predicted molar refractivity (Wildman–Crippen MR) is 107 cm³/mol. The number of rotatable bonds is 9. The number of carbonyl (C=O) groups excluding carboxylic acids is 3. The van der Waals surface area contributed by atoms with E-state index in [0.717, 1.165) is 6.07 Å². The maximum atomic E-state index is 12.1. The monoisotopic (exact) mass is 418 g/mol. The van der Waals surface area contributed by atoms with Gasteiger partial charge in [0, 0.05) is 30.0 Å². The number of para-hydroxylation sites is 1. The summed E-state index contributed by atoms with van der Waals surface area (Å²) in [5, 5.41) is 14.0. The number of esters is 1. The van der Waals surface area contributed by atoms with E-state index in [-0.39, 0.29) is 36.4 Å². The van der Waals surface area contributed by atoms with Crippen LogP contribution < -0.4 is 5.32 Å². The molecule has 1 N–H and O–H groups in total. The molecule has 29 heavy (non-hydrogen) atoms. The topological polar surface area (TPSA) is 116 Å². The number of hydrogen-bond donors (Lipinski definition) is 1. The molecular formula is C20H19ClN2O6.